The number of carbonyl (C=O) groups is 2. The fourth-order valence-electron chi connectivity index (χ4n) is 4.04. The Morgan fingerprint density at radius 1 is 1.17 bits per heavy atom. The zero-order valence-corrected chi connectivity index (χ0v) is 13.6. The highest BCUT2D eigenvalue weighted by Gasteiger charge is 2.32. The molecular weight excluding hydrogens is 306 g/mol. The number of hydrogen-bond acceptors (Lipinski definition) is 3. The van der Waals surface area contributed by atoms with Gasteiger partial charge in [-0.1, -0.05) is 0 Å². The molecule has 1 amide bonds. The van der Waals surface area contributed by atoms with Crippen molar-refractivity contribution < 1.29 is 19.1 Å². The number of aryl methyl sites for hydroxylation is 2. The minimum absolute atomic E-state index is 0.120. The fraction of sp³-hybridized carbons (Fsp3) is 0.474. The predicted molar refractivity (Wildman–Crippen MR) is 88.9 cm³/mol. The Morgan fingerprint density at radius 2 is 1.96 bits per heavy atom. The quantitative estimate of drug-likeness (QED) is 0.941. The lowest BCUT2D eigenvalue weighted by atomic mass is 10.00. The van der Waals surface area contributed by atoms with Gasteiger partial charge < -0.3 is 14.4 Å². The van der Waals surface area contributed by atoms with Crippen LogP contribution in [0.4, 0.5) is 0 Å². The molecule has 2 heterocycles. The van der Waals surface area contributed by atoms with Crippen molar-refractivity contribution in [2.45, 2.75) is 51.0 Å². The lowest BCUT2D eigenvalue weighted by Crippen LogP contribution is -2.48. The first-order valence-corrected chi connectivity index (χ1v) is 8.67. The van der Waals surface area contributed by atoms with Crippen molar-refractivity contribution in [3.63, 3.8) is 0 Å². The van der Waals surface area contributed by atoms with Crippen LogP contribution in [0.5, 0.6) is 0 Å². The number of hydrogen-bond donors (Lipinski definition) is 1. The predicted octanol–water partition coefficient (Wildman–Crippen LogP) is 2.93. The Balaban J connectivity index is 1.59. The van der Waals surface area contributed by atoms with Crippen LogP contribution in [-0.2, 0) is 28.9 Å². The van der Waals surface area contributed by atoms with E-state index in [2.05, 4.69) is 12.1 Å². The van der Waals surface area contributed by atoms with E-state index in [1.807, 2.05) is 0 Å². The lowest BCUT2D eigenvalue weighted by Gasteiger charge is -2.33. The van der Waals surface area contributed by atoms with Crippen molar-refractivity contribution in [3.05, 3.63) is 35.1 Å². The van der Waals surface area contributed by atoms with Gasteiger partial charge in [-0.3, -0.25) is 4.79 Å². The molecule has 2 aromatic rings. The highest BCUT2D eigenvalue weighted by Crippen LogP contribution is 2.31. The molecule has 1 aromatic heterocycles. The van der Waals surface area contributed by atoms with Crippen LogP contribution >= 0.6 is 0 Å². The van der Waals surface area contributed by atoms with Gasteiger partial charge in [0.1, 0.15) is 11.6 Å². The fourth-order valence-corrected chi connectivity index (χ4v) is 4.04. The van der Waals surface area contributed by atoms with Crippen LogP contribution in [0, 0.1) is 0 Å². The molecule has 0 bridgehead atoms. The van der Waals surface area contributed by atoms with E-state index in [1.165, 1.54) is 22.4 Å². The summed E-state index contributed by atoms with van der Waals surface area (Å²) in [5.74, 6) is -1.02. The number of carboxylic acid groups (broad SMARTS) is 1. The van der Waals surface area contributed by atoms with Crippen molar-refractivity contribution in [2.24, 2.45) is 0 Å². The van der Waals surface area contributed by atoms with Crippen LogP contribution in [0.25, 0.3) is 11.0 Å². The number of rotatable bonds is 3. The molecule has 5 heteroatoms. The molecule has 0 radical (unpaired) electrons. The molecule has 2 aliphatic rings. The van der Waals surface area contributed by atoms with Crippen LogP contribution in [-0.4, -0.2) is 34.5 Å². The minimum Gasteiger partial charge on any atom is -0.480 e. The summed E-state index contributed by atoms with van der Waals surface area (Å²) < 4.78 is 5.65. The second kappa shape index (κ2) is 5.96. The molecule has 24 heavy (non-hydrogen) atoms. The number of likely N-dealkylation sites (tertiary alicyclic amines) is 1. The summed E-state index contributed by atoms with van der Waals surface area (Å²) in [7, 11) is 0. The van der Waals surface area contributed by atoms with Crippen LogP contribution < -0.4 is 0 Å². The summed E-state index contributed by atoms with van der Waals surface area (Å²) in [6.45, 7) is 0.529. The van der Waals surface area contributed by atoms with Gasteiger partial charge in [-0.15, -0.1) is 0 Å². The molecule has 1 fully saturated rings. The third-order valence-electron chi connectivity index (χ3n) is 5.32. The summed E-state index contributed by atoms with van der Waals surface area (Å²) in [6, 6.07) is 3.55. The summed E-state index contributed by atoms with van der Waals surface area (Å²) in [5.41, 5.74) is 4.38. The smallest absolute Gasteiger partial charge is 0.326 e. The number of carboxylic acids is 1. The highest BCUT2D eigenvalue weighted by atomic mass is 16.4. The van der Waals surface area contributed by atoms with Gasteiger partial charge >= 0.3 is 5.97 Å². The Kier molecular flexibility index (Phi) is 3.79. The minimum atomic E-state index is -0.905. The van der Waals surface area contributed by atoms with Crippen LogP contribution in [0.2, 0.25) is 0 Å². The number of aliphatic carboxylic acids is 1. The average molecular weight is 327 g/mol. The highest BCUT2D eigenvalue weighted by molar-refractivity contribution is 5.90. The van der Waals surface area contributed by atoms with Gasteiger partial charge in [-0.25, -0.2) is 4.79 Å². The third-order valence-corrected chi connectivity index (χ3v) is 5.32. The normalized spacial score (nSPS) is 20.3. The van der Waals surface area contributed by atoms with Crippen LogP contribution in [0.3, 0.4) is 0 Å². The monoisotopic (exact) mass is 327 g/mol. The van der Waals surface area contributed by atoms with Gasteiger partial charge in [0.15, 0.2) is 0 Å². The van der Waals surface area contributed by atoms with E-state index in [4.69, 9.17) is 4.42 Å². The number of furan rings is 1. The van der Waals surface area contributed by atoms with Gasteiger partial charge in [0.25, 0.3) is 0 Å². The van der Waals surface area contributed by atoms with Crippen molar-refractivity contribution in [2.75, 3.05) is 6.54 Å². The molecule has 1 saturated heterocycles. The molecular formula is C19H21NO4. The van der Waals surface area contributed by atoms with Gasteiger partial charge in [-0.2, -0.15) is 0 Å². The molecule has 4 rings (SSSR count). The molecule has 1 aromatic carbocycles. The van der Waals surface area contributed by atoms with E-state index in [0.29, 0.717) is 13.0 Å². The Morgan fingerprint density at radius 3 is 2.75 bits per heavy atom. The molecule has 5 nitrogen and oxygen atoms in total. The van der Waals surface area contributed by atoms with E-state index in [9.17, 15) is 14.7 Å². The van der Waals surface area contributed by atoms with E-state index in [-0.39, 0.29) is 12.3 Å². The van der Waals surface area contributed by atoms with Crippen molar-refractivity contribution in [1.82, 2.24) is 4.90 Å². The molecule has 1 aliphatic carbocycles. The summed E-state index contributed by atoms with van der Waals surface area (Å²) in [5, 5.41) is 10.3. The first-order chi connectivity index (χ1) is 11.6. The maximum absolute atomic E-state index is 12.7. The third kappa shape index (κ3) is 2.58. The standard InChI is InChI=1S/C19H21NO4/c21-18(20-7-2-1-6-16(20)19(22)23)10-14-11-24-17-9-13-5-3-4-12(13)8-15(14)17/h8-9,11,16H,1-7,10H2,(H,22,23)/t16-/m1/s1. The molecule has 126 valence electrons. The molecule has 1 atom stereocenters. The van der Waals surface area contributed by atoms with E-state index >= 15 is 0 Å². The second-order valence-corrected chi connectivity index (χ2v) is 6.85. The van der Waals surface area contributed by atoms with E-state index in [1.54, 1.807) is 6.26 Å². The zero-order valence-electron chi connectivity index (χ0n) is 13.6. The van der Waals surface area contributed by atoms with Gasteiger partial charge in [0, 0.05) is 17.5 Å². The van der Waals surface area contributed by atoms with E-state index < -0.39 is 12.0 Å². The number of piperidine rings is 1. The topological polar surface area (TPSA) is 70.8 Å². The number of benzene rings is 1. The van der Waals surface area contributed by atoms with Gasteiger partial charge in [-0.05, 0) is 61.8 Å². The summed E-state index contributed by atoms with van der Waals surface area (Å²) >= 11 is 0. The maximum Gasteiger partial charge on any atom is 0.326 e. The molecule has 0 spiro atoms. The molecule has 1 aliphatic heterocycles. The molecule has 0 unspecified atom stereocenters. The van der Waals surface area contributed by atoms with Crippen LogP contribution in [0.1, 0.15) is 42.4 Å². The zero-order chi connectivity index (χ0) is 16.7. The SMILES string of the molecule is O=C(O)[C@H]1CCCCN1C(=O)Cc1coc2cc3c(cc12)CCC3. The lowest BCUT2D eigenvalue weighted by molar-refractivity contribution is -0.151. The Bertz CT molecular complexity index is 807. The molecule has 0 saturated carbocycles. The number of carbonyl (C=O) groups excluding carboxylic acids is 1. The van der Waals surface area contributed by atoms with Crippen molar-refractivity contribution in [3.8, 4) is 0 Å². The summed E-state index contributed by atoms with van der Waals surface area (Å²) in [6.07, 6.45) is 7.47. The number of amides is 1. The van der Waals surface area contributed by atoms with E-state index in [0.717, 1.165) is 42.2 Å². The number of fused-ring (bicyclic) bond motifs is 2. The Labute approximate surface area is 140 Å². The first-order valence-electron chi connectivity index (χ1n) is 8.67. The maximum atomic E-state index is 12.7. The van der Waals surface area contributed by atoms with Gasteiger partial charge in [0.05, 0.1) is 12.7 Å². The summed E-state index contributed by atoms with van der Waals surface area (Å²) in [4.78, 5) is 25.6. The number of nitrogens with zero attached hydrogens (tertiary/aromatic N) is 1. The Hall–Kier alpha value is -2.30. The first kappa shape index (κ1) is 15.2. The van der Waals surface area contributed by atoms with Gasteiger partial charge in [0.2, 0.25) is 5.91 Å². The second-order valence-electron chi connectivity index (χ2n) is 6.85. The average Bonchev–Trinajstić information content (AvgIpc) is 3.19. The van der Waals surface area contributed by atoms with Crippen molar-refractivity contribution >= 4 is 22.8 Å². The largest absolute Gasteiger partial charge is 0.480 e. The molecule has 1 N–H and O–H groups in total. The van der Waals surface area contributed by atoms with Crippen molar-refractivity contribution in [1.29, 1.82) is 0 Å². The van der Waals surface area contributed by atoms with Crippen LogP contribution in [0.15, 0.2) is 22.8 Å².